The van der Waals surface area contributed by atoms with Gasteiger partial charge in [0.25, 0.3) is 0 Å². The molecule has 0 aromatic heterocycles. The summed E-state index contributed by atoms with van der Waals surface area (Å²) >= 11 is 2.01. The molecule has 0 saturated heterocycles. The maximum Gasteiger partial charge on any atom is 0.0470 e. The Morgan fingerprint density at radius 3 is 2.38 bits per heavy atom. The van der Waals surface area contributed by atoms with Gasteiger partial charge in [-0.25, -0.2) is 0 Å². The fourth-order valence-electron chi connectivity index (χ4n) is 2.21. The number of benzene rings is 1. The smallest absolute Gasteiger partial charge is 0.0470 e. The molecule has 1 aromatic rings. The van der Waals surface area contributed by atoms with Gasteiger partial charge in [-0.15, -0.1) is 0 Å². The Hall–Kier alpha value is -0.510. The van der Waals surface area contributed by atoms with Crippen LogP contribution in [0.3, 0.4) is 0 Å². The van der Waals surface area contributed by atoms with Crippen LogP contribution in [-0.2, 0) is 4.74 Å². The minimum absolute atomic E-state index is 0.457. The van der Waals surface area contributed by atoms with Gasteiger partial charge in [-0.3, -0.25) is 0 Å². The maximum atomic E-state index is 5.11. The van der Waals surface area contributed by atoms with Crippen LogP contribution in [0.4, 0.5) is 0 Å². The average molecular weight is 310 g/mol. The molecule has 0 radical (unpaired) electrons. The van der Waals surface area contributed by atoms with Gasteiger partial charge in [0.15, 0.2) is 0 Å². The average Bonchev–Trinajstić information content (AvgIpc) is 2.50. The van der Waals surface area contributed by atoms with E-state index in [4.69, 9.17) is 4.74 Å². The summed E-state index contributed by atoms with van der Waals surface area (Å²) in [5.41, 5.74) is 2.83. The maximum absolute atomic E-state index is 5.11. The highest BCUT2D eigenvalue weighted by Gasteiger charge is 2.11. The standard InChI is InChI=1S/C18H31NOS/c1-5-11-19-18(14-21-13-6-12-20-4)17-9-7-16(8-10-17)15(2)3/h7-10,15,18-19H,5-6,11-14H2,1-4H3. The first-order valence-corrected chi connectivity index (χ1v) is 9.24. The summed E-state index contributed by atoms with van der Waals surface area (Å²) in [4.78, 5) is 0. The van der Waals surface area contributed by atoms with E-state index in [9.17, 15) is 0 Å². The molecule has 1 aromatic carbocycles. The van der Waals surface area contributed by atoms with Gasteiger partial charge < -0.3 is 10.1 Å². The molecular formula is C18H31NOS. The zero-order valence-corrected chi connectivity index (χ0v) is 14.8. The van der Waals surface area contributed by atoms with E-state index in [-0.39, 0.29) is 0 Å². The third kappa shape index (κ3) is 7.35. The van der Waals surface area contributed by atoms with E-state index in [1.165, 1.54) is 23.3 Å². The van der Waals surface area contributed by atoms with Crippen molar-refractivity contribution < 1.29 is 4.74 Å². The van der Waals surface area contributed by atoms with E-state index >= 15 is 0 Å². The zero-order valence-electron chi connectivity index (χ0n) is 14.0. The lowest BCUT2D eigenvalue weighted by Gasteiger charge is -2.19. The molecule has 3 heteroatoms. The molecule has 0 amide bonds. The second kappa shape index (κ2) is 11.1. The number of hydrogen-bond acceptors (Lipinski definition) is 3. The number of hydrogen-bond donors (Lipinski definition) is 1. The normalized spacial score (nSPS) is 12.8. The van der Waals surface area contributed by atoms with Gasteiger partial charge in [-0.2, -0.15) is 11.8 Å². The summed E-state index contributed by atoms with van der Waals surface area (Å²) < 4.78 is 5.11. The molecule has 0 aliphatic heterocycles. The van der Waals surface area contributed by atoms with Gasteiger partial charge in [0.2, 0.25) is 0 Å². The summed E-state index contributed by atoms with van der Waals surface area (Å²) in [6, 6.07) is 9.59. The second-order valence-electron chi connectivity index (χ2n) is 5.75. The highest BCUT2D eigenvalue weighted by Crippen LogP contribution is 2.22. The summed E-state index contributed by atoms with van der Waals surface area (Å²) in [6.07, 6.45) is 2.31. The molecule has 2 nitrogen and oxygen atoms in total. The van der Waals surface area contributed by atoms with Crippen molar-refractivity contribution in [1.29, 1.82) is 0 Å². The summed E-state index contributed by atoms with van der Waals surface area (Å²) in [5.74, 6) is 2.90. The van der Waals surface area contributed by atoms with Crippen LogP contribution < -0.4 is 5.32 Å². The molecule has 0 fully saturated rings. The Kier molecular flexibility index (Phi) is 9.81. The van der Waals surface area contributed by atoms with Crippen molar-refractivity contribution in [2.45, 2.75) is 45.6 Å². The first-order chi connectivity index (χ1) is 10.2. The zero-order chi connectivity index (χ0) is 15.5. The van der Waals surface area contributed by atoms with E-state index in [1.807, 2.05) is 11.8 Å². The largest absolute Gasteiger partial charge is 0.385 e. The molecule has 0 aliphatic rings. The first kappa shape index (κ1) is 18.5. The van der Waals surface area contributed by atoms with Crippen LogP contribution in [-0.4, -0.2) is 31.8 Å². The van der Waals surface area contributed by atoms with Gasteiger partial charge >= 0.3 is 0 Å². The highest BCUT2D eigenvalue weighted by atomic mass is 32.2. The third-order valence-corrected chi connectivity index (χ3v) is 4.71. The lowest BCUT2D eigenvalue weighted by molar-refractivity contribution is 0.200. The van der Waals surface area contributed by atoms with E-state index in [2.05, 4.69) is 50.4 Å². The second-order valence-corrected chi connectivity index (χ2v) is 6.90. The fraction of sp³-hybridized carbons (Fsp3) is 0.667. The molecular weight excluding hydrogens is 278 g/mol. The molecule has 1 rings (SSSR count). The van der Waals surface area contributed by atoms with Crippen molar-refractivity contribution >= 4 is 11.8 Å². The summed E-state index contributed by atoms with van der Waals surface area (Å²) in [6.45, 7) is 8.65. The summed E-state index contributed by atoms with van der Waals surface area (Å²) in [7, 11) is 1.77. The summed E-state index contributed by atoms with van der Waals surface area (Å²) in [5, 5.41) is 3.67. The SMILES string of the molecule is CCCNC(CSCCCOC)c1ccc(C(C)C)cc1. The molecule has 0 spiro atoms. The van der Waals surface area contributed by atoms with Crippen molar-refractivity contribution in [3.05, 3.63) is 35.4 Å². The van der Waals surface area contributed by atoms with Gasteiger partial charge in [0.1, 0.15) is 0 Å². The molecule has 1 N–H and O–H groups in total. The van der Waals surface area contributed by atoms with E-state index in [0.29, 0.717) is 12.0 Å². The number of ether oxygens (including phenoxy) is 1. The van der Waals surface area contributed by atoms with E-state index < -0.39 is 0 Å². The van der Waals surface area contributed by atoms with Gasteiger partial charge in [-0.05, 0) is 42.2 Å². The number of methoxy groups -OCH3 is 1. The third-order valence-electron chi connectivity index (χ3n) is 3.57. The minimum atomic E-state index is 0.457. The predicted octanol–water partition coefficient (Wildman–Crippen LogP) is 4.62. The van der Waals surface area contributed by atoms with Crippen molar-refractivity contribution in [2.75, 3.05) is 31.8 Å². The molecule has 1 atom stereocenters. The Morgan fingerprint density at radius 1 is 1.14 bits per heavy atom. The lowest BCUT2D eigenvalue weighted by atomic mass is 9.99. The van der Waals surface area contributed by atoms with Crippen LogP contribution >= 0.6 is 11.8 Å². The van der Waals surface area contributed by atoms with Gasteiger partial charge in [0.05, 0.1) is 0 Å². The number of thioether (sulfide) groups is 1. The molecule has 0 aliphatic carbocycles. The number of rotatable bonds is 11. The van der Waals surface area contributed by atoms with Crippen LogP contribution in [0.25, 0.3) is 0 Å². The molecule has 1 unspecified atom stereocenters. The topological polar surface area (TPSA) is 21.3 Å². The van der Waals surface area contributed by atoms with Gasteiger partial charge in [0, 0.05) is 25.5 Å². The Balaban J connectivity index is 2.54. The van der Waals surface area contributed by atoms with E-state index in [1.54, 1.807) is 7.11 Å². The predicted molar refractivity (Wildman–Crippen MR) is 95.4 cm³/mol. The van der Waals surface area contributed by atoms with Crippen LogP contribution in [0, 0.1) is 0 Å². The van der Waals surface area contributed by atoms with Crippen molar-refractivity contribution in [3.8, 4) is 0 Å². The minimum Gasteiger partial charge on any atom is -0.385 e. The lowest BCUT2D eigenvalue weighted by Crippen LogP contribution is -2.24. The monoisotopic (exact) mass is 309 g/mol. The Morgan fingerprint density at radius 2 is 1.81 bits per heavy atom. The Labute approximate surface area is 135 Å². The highest BCUT2D eigenvalue weighted by molar-refractivity contribution is 7.99. The molecule has 0 saturated carbocycles. The van der Waals surface area contributed by atoms with Gasteiger partial charge in [-0.1, -0.05) is 45.0 Å². The van der Waals surface area contributed by atoms with Crippen LogP contribution in [0.2, 0.25) is 0 Å². The van der Waals surface area contributed by atoms with E-state index in [0.717, 1.165) is 25.3 Å². The number of nitrogens with one attached hydrogen (secondary N) is 1. The van der Waals surface area contributed by atoms with Crippen molar-refractivity contribution in [3.63, 3.8) is 0 Å². The first-order valence-electron chi connectivity index (χ1n) is 8.09. The molecule has 120 valence electrons. The van der Waals surface area contributed by atoms with Crippen molar-refractivity contribution in [2.24, 2.45) is 0 Å². The van der Waals surface area contributed by atoms with Crippen LogP contribution in [0.5, 0.6) is 0 Å². The quantitative estimate of drug-likeness (QED) is 0.603. The fourth-order valence-corrected chi connectivity index (χ4v) is 3.25. The van der Waals surface area contributed by atoms with Crippen LogP contribution in [0.1, 0.15) is 56.7 Å². The molecule has 21 heavy (non-hydrogen) atoms. The Bertz CT molecular complexity index is 364. The molecule has 0 bridgehead atoms. The van der Waals surface area contributed by atoms with Crippen molar-refractivity contribution in [1.82, 2.24) is 5.32 Å². The molecule has 0 heterocycles. The van der Waals surface area contributed by atoms with Crippen LogP contribution in [0.15, 0.2) is 24.3 Å².